The molecule has 0 aliphatic heterocycles. The number of phenols is 1. The van der Waals surface area contributed by atoms with Crippen molar-refractivity contribution in [1.82, 2.24) is 5.01 Å². The quantitative estimate of drug-likeness (QED) is 0.359. The summed E-state index contributed by atoms with van der Waals surface area (Å²) in [6.07, 6.45) is 1.28. The van der Waals surface area contributed by atoms with Crippen molar-refractivity contribution in [3.63, 3.8) is 0 Å². The molecule has 4 atom stereocenters. The third-order valence-corrected chi connectivity index (χ3v) is 7.89. The van der Waals surface area contributed by atoms with Crippen molar-refractivity contribution in [3.05, 3.63) is 29.3 Å². The maximum Gasteiger partial charge on any atom is 0.310 e. The zero-order chi connectivity index (χ0) is 23.6. The van der Waals surface area contributed by atoms with Crippen LogP contribution >= 0.6 is 0 Å². The molecule has 1 fully saturated rings. The lowest BCUT2D eigenvalue weighted by atomic mass is 9.55. The molecule has 7 nitrogen and oxygen atoms in total. The number of hydrogen-bond acceptors (Lipinski definition) is 7. The summed E-state index contributed by atoms with van der Waals surface area (Å²) >= 11 is 0. The Kier molecular flexibility index (Phi) is 7.32. The first kappa shape index (κ1) is 24.3. The first-order chi connectivity index (χ1) is 15.0. The molecule has 0 spiro atoms. The van der Waals surface area contributed by atoms with Gasteiger partial charge in [0.1, 0.15) is 5.75 Å². The van der Waals surface area contributed by atoms with E-state index in [0.29, 0.717) is 26.1 Å². The Hall–Kier alpha value is -2.35. The molecule has 0 saturated heterocycles. The highest BCUT2D eigenvalue weighted by molar-refractivity contribution is 6.76. The van der Waals surface area contributed by atoms with Crippen LogP contribution in [-0.4, -0.2) is 63.1 Å². The monoisotopic (exact) mass is 460 g/mol. The third-order valence-electron chi connectivity index (χ3n) is 6.19. The van der Waals surface area contributed by atoms with E-state index >= 15 is 0 Å². The number of esters is 2. The van der Waals surface area contributed by atoms with Gasteiger partial charge in [0.25, 0.3) is 0 Å². The van der Waals surface area contributed by atoms with Crippen LogP contribution in [0.1, 0.15) is 42.7 Å². The lowest BCUT2D eigenvalue weighted by Crippen LogP contribution is -2.51. The van der Waals surface area contributed by atoms with Crippen LogP contribution in [0.5, 0.6) is 5.75 Å². The van der Waals surface area contributed by atoms with Gasteiger partial charge in [-0.2, -0.15) is 5.10 Å². The van der Waals surface area contributed by atoms with Gasteiger partial charge in [-0.05, 0) is 42.1 Å². The molecule has 0 radical (unpaired) electrons. The Morgan fingerprint density at radius 3 is 2.38 bits per heavy atom. The molecule has 0 amide bonds. The maximum absolute atomic E-state index is 13.4. The predicted molar refractivity (Wildman–Crippen MR) is 127 cm³/mol. The lowest BCUT2D eigenvalue weighted by Gasteiger charge is -2.47. The normalized spacial score (nSPS) is 25.4. The highest BCUT2D eigenvalue weighted by Gasteiger charge is 2.57. The number of hydrazone groups is 1. The summed E-state index contributed by atoms with van der Waals surface area (Å²) in [4.78, 5) is 26.6. The maximum atomic E-state index is 13.4. The van der Waals surface area contributed by atoms with Gasteiger partial charge >= 0.3 is 11.9 Å². The second kappa shape index (κ2) is 9.64. The molecule has 2 unspecified atom stereocenters. The number of phenolic OH excluding ortho intramolecular Hbond substituents is 1. The summed E-state index contributed by atoms with van der Waals surface area (Å²) in [6.45, 7) is 9.33. The summed E-state index contributed by atoms with van der Waals surface area (Å²) < 4.78 is 11.3. The van der Waals surface area contributed by atoms with Crippen LogP contribution in [0.25, 0.3) is 0 Å². The molecule has 1 N–H and O–H groups in total. The van der Waals surface area contributed by atoms with Crippen molar-refractivity contribution in [3.8, 4) is 5.75 Å². The van der Waals surface area contributed by atoms with Crippen molar-refractivity contribution >= 4 is 25.7 Å². The second-order valence-corrected chi connectivity index (χ2v) is 15.9. The number of fused-ring (bicyclic) bond motifs is 2. The molecule has 1 aromatic carbocycles. The average molecular weight is 461 g/mol. The van der Waals surface area contributed by atoms with E-state index in [9.17, 15) is 14.7 Å². The molecule has 3 aliphatic carbocycles. The minimum atomic E-state index is -1.36. The van der Waals surface area contributed by atoms with Crippen molar-refractivity contribution in [2.75, 3.05) is 27.3 Å². The number of hydrogen-bond donors (Lipinski definition) is 1. The zero-order valence-electron chi connectivity index (χ0n) is 20.1. The Morgan fingerprint density at radius 1 is 1.09 bits per heavy atom. The summed E-state index contributed by atoms with van der Waals surface area (Å²) in [5.41, 5.74) is 2.67. The van der Waals surface area contributed by atoms with Gasteiger partial charge in [0.05, 0.1) is 25.0 Å². The standard InChI is InChI=1S/C24H36N2O5Si/c1-7-10-30-24(29)22-20-17-13-15(27)8-9-16(17)18(14-19(20)25-26(2)3)21(22)23(28)31-11-12-32(4,5)6/h8-9,13,18,20-22,27H,7,10-12,14H2,1-6H3/b25-19+/t18?,20-,21?,22-/m1/s1. The van der Waals surface area contributed by atoms with E-state index in [2.05, 4.69) is 24.7 Å². The van der Waals surface area contributed by atoms with Gasteiger partial charge < -0.3 is 19.6 Å². The first-order valence-corrected chi connectivity index (χ1v) is 15.1. The Bertz CT molecular complexity index is 893. The second-order valence-electron chi connectivity index (χ2n) is 10.2. The lowest BCUT2D eigenvalue weighted by molar-refractivity contribution is -0.163. The van der Waals surface area contributed by atoms with Crippen molar-refractivity contribution in [2.45, 2.75) is 57.3 Å². The van der Waals surface area contributed by atoms with Crippen molar-refractivity contribution < 1.29 is 24.2 Å². The van der Waals surface area contributed by atoms with E-state index in [4.69, 9.17) is 9.47 Å². The Balaban J connectivity index is 2.03. The summed E-state index contributed by atoms with van der Waals surface area (Å²) in [5, 5.41) is 16.5. The van der Waals surface area contributed by atoms with Crippen LogP contribution < -0.4 is 0 Å². The van der Waals surface area contributed by atoms with Crippen LogP contribution in [0.3, 0.4) is 0 Å². The minimum absolute atomic E-state index is 0.135. The van der Waals surface area contributed by atoms with E-state index in [1.165, 1.54) is 0 Å². The number of rotatable bonds is 8. The molecule has 0 aromatic heterocycles. The fourth-order valence-corrected chi connectivity index (χ4v) is 5.51. The highest BCUT2D eigenvalue weighted by Crippen LogP contribution is 2.55. The van der Waals surface area contributed by atoms with Crippen molar-refractivity contribution in [2.24, 2.45) is 16.9 Å². The molecular formula is C24H36N2O5Si. The van der Waals surface area contributed by atoms with Gasteiger partial charge in [0, 0.05) is 39.7 Å². The van der Waals surface area contributed by atoms with Gasteiger partial charge in [0.2, 0.25) is 0 Å². The number of benzene rings is 1. The van der Waals surface area contributed by atoms with Crippen LogP contribution in [0, 0.1) is 11.8 Å². The van der Waals surface area contributed by atoms with E-state index < -0.39 is 31.8 Å². The number of aromatic hydroxyl groups is 1. The van der Waals surface area contributed by atoms with E-state index in [1.54, 1.807) is 17.1 Å². The molecule has 1 saturated carbocycles. The molecule has 4 rings (SSSR count). The number of ether oxygens (including phenoxy) is 2. The SMILES string of the molecule is CCCOC(=O)[C@H]1C(C(=O)OCC[Si](C)(C)C)C2C/C(=N\N(C)C)[C@H]1c1cc(O)ccc12. The number of nitrogens with zero attached hydrogens (tertiary/aromatic N) is 2. The topological polar surface area (TPSA) is 88.4 Å². The van der Waals surface area contributed by atoms with E-state index in [1.807, 2.05) is 27.1 Å². The van der Waals surface area contributed by atoms with Crippen LogP contribution in [-0.2, 0) is 19.1 Å². The Labute approximate surface area is 191 Å². The van der Waals surface area contributed by atoms with E-state index in [-0.39, 0.29) is 17.6 Å². The number of carbonyl (C=O) groups excluding carboxylic acids is 2. The molecular weight excluding hydrogens is 424 g/mol. The first-order valence-electron chi connectivity index (χ1n) is 11.4. The smallest absolute Gasteiger partial charge is 0.310 e. The number of carbonyl (C=O) groups is 2. The van der Waals surface area contributed by atoms with Crippen LogP contribution in [0.4, 0.5) is 0 Å². The molecule has 176 valence electrons. The molecule has 2 bridgehead atoms. The minimum Gasteiger partial charge on any atom is -0.508 e. The fourth-order valence-electron chi connectivity index (χ4n) is 4.80. The summed E-state index contributed by atoms with van der Waals surface area (Å²) in [6, 6.07) is 6.08. The van der Waals surface area contributed by atoms with Crippen LogP contribution in [0.15, 0.2) is 23.3 Å². The average Bonchev–Trinajstić information content (AvgIpc) is 2.69. The van der Waals surface area contributed by atoms with Gasteiger partial charge in [-0.15, -0.1) is 0 Å². The van der Waals surface area contributed by atoms with Gasteiger partial charge in [-0.25, -0.2) is 0 Å². The van der Waals surface area contributed by atoms with Gasteiger partial charge in [0.15, 0.2) is 0 Å². The predicted octanol–water partition coefficient (Wildman–Crippen LogP) is 3.96. The van der Waals surface area contributed by atoms with Crippen LogP contribution in [0.2, 0.25) is 25.7 Å². The van der Waals surface area contributed by atoms with E-state index in [0.717, 1.165) is 22.9 Å². The van der Waals surface area contributed by atoms with Crippen molar-refractivity contribution in [1.29, 1.82) is 0 Å². The summed E-state index contributed by atoms with van der Waals surface area (Å²) in [5.74, 6) is -2.60. The molecule has 0 heterocycles. The molecule has 8 heteroatoms. The Morgan fingerprint density at radius 2 is 1.75 bits per heavy atom. The zero-order valence-corrected chi connectivity index (χ0v) is 21.1. The third kappa shape index (κ3) is 5.17. The molecule has 1 aromatic rings. The van der Waals surface area contributed by atoms with Gasteiger partial charge in [-0.1, -0.05) is 32.6 Å². The summed E-state index contributed by atoms with van der Waals surface area (Å²) in [7, 11) is 2.32. The molecule has 3 aliphatic rings. The largest absolute Gasteiger partial charge is 0.508 e. The fraction of sp³-hybridized carbons (Fsp3) is 0.625. The van der Waals surface area contributed by atoms with Gasteiger partial charge in [-0.3, -0.25) is 9.59 Å². The molecule has 32 heavy (non-hydrogen) atoms. The highest BCUT2D eigenvalue weighted by atomic mass is 28.3.